The van der Waals surface area contributed by atoms with E-state index in [9.17, 15) is 9.59 Å². The number of primary amides is 1. The lowest BCUT2D eigenvalue weighted by Crippen LogP contribution is -2.49. The van der Waals surface area contributed by atoms with Crippen LogP contribution in [0, 0.1) is 13.8 Å². The number of anilines is 2. The molecule has 0 saturated carbocycles. The van der Waals surface area contributed by atoms with Crippen molar-refractivity contribution in [1.29, 1.82) is 0 Å². The molecule has 1 heterocycles. The van der Waals surface area contributed by atoms with Gasteiger partial charge in [0.25, 0.3) is 5.91 Å². The Morgan fingerprint density at radius 1 is 1.00 bits per heavy atom. The number of amides is 3. The summed E-state index contributed by atoms with van der Waals surface area (Å²) in [6, 6.07) is 12.6. The Morgan fingerprint density at radius 2 is 1.69 bits per heavy atom. The van der Waals surface area contributed by atoms with Crippen LogP contribution in [-0.4, -0.2) is 43.0 Å². The van der Waals surface area contributed by atoms with Crippen molar-refractivity contribution in [2.24, 2.45) is 5.73 Å². The van der Waals surface area contributed by atoms with Gasteiger partial charge < -0.3 is 20.9 Å². The summed E-state index contributed by atoms with van der Waals surface area (Å²) in [7, 11) is 0. The van der Waals surface area contributed by atoms with Gasteiger partial charge in [-0.25, -0.2) is 4.79 Å². The number of hydrogen-bond donors (Lipinski definition) is 2. The maximum Gasteiger partial charge on any atom is 0.316 e. The summed E-state index contributed by atoms with van der Waals surface area (Å²) in [5.41, 5.74) is 10.0. The molecule has 0 atom stereocenters. The fourth-order valence-corrected chi connectivity index (χ4v) is 3.28. The van der Waals surface area contributed by atoms with Crippen molar-refractivity contribution < 1.29 is 9.59 Å². The van der Waals surface area contributed by atoms with E-state index in [1.807, 2.05) is 4.90 Å². The highest BCUT2D eigenvalue weighted by Crippen LogP contribution is 2.24. The minimum Gasteiger partial charge on any atom is -0.368 e. The molecule has 3 N–H and O–H groups in total. The van der Waals surface area contributed by atoms with Crippen LogP contribution in [0.25, 0.3) is 0 Å². The maximum absolute atomic E-state index is 12.8. The molecule has 3 rings (SSSR count). The van der Waals surface area contributed by atoms with Crippen LogP contribution in [0.5, 0.6) is 0 Å². The lowest BCUT2D eigenvalue weighted by atomic mass is 10.1. The minimum atomic E-state index is -0.642. The molecule has 0 radical (unpaired) electrons. The lowest BCUT2D eigenvalue weighted by molar-refractivity contribution is 0.0747. The van der Waals surface area contributed by atoms with Gasteiger partial charge in [0.05, 0.1) is 0 Å². The average molecular weight is 352 g/mol. The van der Waals surface area contributed by atoms with E-state index in [2.05, 4.69) is 42.3 Å². The summed E-state index contributed by atoms with van der Waals surface area (Å²) in [4.78, 5) is 27.9. The number of nitrogens with one attached hydrogen (secondary N) is 1. The summed E-state index contributed by atoms with van der Waals surface area (Å²) in [5.74, 6) is -0.0289. The Labute approximate surface area is 153 Å². The van der Waals surface area contributed by atoms with Crippen LogP contribution >= 0.6 is 0 Å². The minimum absolute atomic E-state index is 0.0289. The van der Waals surface area contributed by atoms with Gasteiger partial charge in [-0.15, -0.1) is 0 Å². The predicted molar refractivity (Wildman–Crippen MR) is 104 cm³/mol. The van der Waals surface area contributed by atoms with Gasteiger partial charge >= 0.3 is 6.03 Å². The van der Waals surface area contributed by atoms with Crippen molar-refractivity contribution in [3.63, 3.8) is 0 Å². The number of aryl methyl sites for hydroxylation is 1. The molecular weight excluding hydrogens is 328 g/mol. The molecule has 1 fully saturated rings. The van der Waals surface area contributed by atoms with Crippen molar-refractivity contribution in [1.82, 2.24) is 4.90 Å². The molecule has 26 heavy (non-hydrogen) atoms. The number of benzene rings is 2. The molecule has 6 heteroatoms. The highest BCUT2D eigenvalue weighted by atomic mass is 16.2. The summed E-state index contributed by atoms with van der Waals surface area (Å²) < 4.78 is 0. The van der Waals surface area contributed by atoms with Crippen LogP contribution in [0.3, 0.4) is 0 Å². The standard InChI is InChI=1S/C20H24N4O2/c1-14-5-3-8-18(15(14)2)23-9-11-24(12-10-23)19(25)16-6-4-7-17(13-16)22-20(21)26/h3-8,13H,9-12H2,1-2H3,(H3,21,22,26). The molecule has 1 aliphatic rings. The first-order valence-corrected chi connectivity index (χ1v) is 8.72. The van der Waals surface area contributed by atoms with Gasteiger partial charge in [-0.3, -0.25) is 4.79 Å². The fourth-order valence-electron chi connectivity index (χ4n) is 3.28. The number of urea groups is 1. The normalized spacial score (nSPS) is 14.2. The zero-order valence-corrected chi connectivity index (χ0v) is 15.2. The molecule has 3 amide bonds. The monoisotopic (exact) mass is 352 g/mol. The van der Waals surface area contributed by atoms with Gasteiger partial charge in [0, 0.05) is 43.1 Å². The molecule has 0 spiro atoms. The molecule has 2 aromatic rings. The largest absolute Gasteiger partial charge is 0.368 e. The molecule has 0 aliphatic carbocycles. The molecule has 0 aromatic heterocycles. The number of rotatable bonds is 3. The van der Waals surface area contributed by atoms with Gasteiger partial charge in [-0.2, -0.15) is 0 Å². The molecule has 1 saturated heterocycles. The summed E-state index contributed by atoms with van der Waals surface area (Å²) in [6.45, 7) is 7.19. The van der Waals surface area contributed by atoms with Crippen LogP contribution in [0.2, 0.25) is 0 Å². The van der Waals surface area contributed by atoms with E-state index in [0.29, 0.717) is 24.3 Å². The smallest absolute Gasteiger partial charge is 0.316 e. The zero-order valence-electron chi connectivity index (χ0n) is 15.2. The molecule has 1 aliphatic heterocycles. The van der Waals surface area contributed by atoms with Crippen molar-refractivity contribution >= 4 is 23.3 Å². The fraction of sp³-hybridized carbons (Fsp3) is 0.300. The third-order valence-electron chi connectivity index (χ3n) is 4.86. The van der Waals surface area contributed by atoms with Crippen molar-refractivity contribution in [2.75, 3.05) is 36.4 Å². The second kappa shape index (κ2) is 7.47. The Morgan fingerprint density at radius 3 is 2.38 bits per heavy atom. The van der Waals surface area contributed by atoms with Gasteiger partial charge in [-0.05, 0) is 49.2 Å². The van der Waals surface area contributed by atoms with Gasteiger partial charge in [0.15, 0.2) is 0 Å². The Hall–Kier alpha value is -3.02. The van der Waals surface area contributed by atoms with E-state index >= 15 is 0 Å². The molecule has 136 valence electrons. The van der Waals surface area contributed by atoms with Crippen LogP contribution in [-0.2, 0) is 0 Å². The molecule has 6 nitrogen and oxygen atoms in total. The average Bonchev–Trinajstić information content (AvgIpc) is 2.63. The summed E-state index contributed by atoms with van der Waals surface area (Å²) >= 11 is 0. The first-order valence-electron chi connectivity index (χ1n) is 8.72. The Bertz CT molecular complexity index is 826. The zero-order chi connectivity index (χ0) is 18.7. The molecule has 0 unspecified atom stereocenters. The number of piperazine rings is 1. The van der Waals surface area contributed by atoms with E-state index in [0.717, 1.165) is 13.1 Å². The highest BCUT2D eigenvalue weighted by molar-refractivity contribution is 5.96. The summed E-state index contributed by atoms with van der Waals surface area (Å²) in [5, 5.41) is 2.50. The van der Waals surface area contributed by atoms with E-state index in [1.165, 1.54) is 16.8 Å². The summed E-state index contributed by atoms with van der Waals surface area (Å²) in [6.07, 6.45) is 0. The molecule has 2 aromatic carbocycles. The number of hydrogen-bond acceptors (Lipinski definition) is 3. The van der Waals surface area contributed by atoms with Crippen LogP contribution in [0.1, 0.15) is 21.5 Å². The van der Waals surface area contributed by atoms with Crippen molar-refractivity contribution in [3.05, 3.63) is 59.2 Å². The van der Waals surface area contributed by atoms with E-state index in [1.54, 1.807) is 24.3 Å². The third kappa shape index (κ3) is 3.79. The SMILES string of the molecule is Cc1cccc(N2CCN(C(=O)c3cccc(NC(N)=O)c3)CC2)c1C. The van der Waals surface area contributed by atoms with Crippen molar-refractivity contribution in [3.8, 4) is 0 Å². The van der Waals surface area contributed by atoms with E-state index in [4.69, 9.17) is 5.73 Å². The van der Waals surface area contributed by atoms with Gasteiger partial charge in [0.1, 0.15) is 0 Å². The first kappa shape index (κ1) is 17.8. The number of carbonyl (C=O) groups excluding carboxylic acids is 2. The third-order valence-corrected chi connectivity index (χ3v) is 4.86. The van der Waals surface area contributed by atoms with E-state index < -0.39 is 6.03 Å². The second-order valence-corrected chi connectivity index (χ2v) is 6.57. The number of nitrogens with two attached hydrogens (primary N) is 1. The van der Waals surface area contributed by atoms with Gasteiger partial charge in [0.2, 0.25) is 0 Å². The Kier molecular flexibility index (Phi) is 5.11. The van der Waals surface area contributed by atoms with Crippen LogP contribution in [0.4, 0.5) is 16.2 Å². The maximum atomic E-state index is 12.8. The first-order chi connectivity index (χ1) is 12.5. The topological polar surface area (TPSA) is 78.7 Å². The Balaban J connectivity index is 1.67. The number of nitrogens with zero attached hydrogens (tertiary/aromatic N) is 2. The van der Waals surface area contributed by atoms with E-state index in [-0.39, 0.29) is 5.91 Å². The van der Waals surface area contributed by atoms with Crippen LogP contribution < -0.4 is 16.0 Å². The van der Waals surface area contributed by atoms with Gasteiger partial charge in [-0.1, -0.05) is 18.2 Å². The molecular formula is C20H24N4O2. The second-order valence-electron chi connectivity index (χ2n) is 6.57. The lowest BCUT2D eigenvalue weighted by Gasteiger charge is -2.37. The quantitative estimate of drug-likeness (QED) is 0.891. The van der Waals surface area contributed by atoms with Crippen molar-refractivity contribution in [2.45, 2.75) is 13.8 Å². The highest BCUT2D eigenvalue weighted by Gasteiger charge is 2.23. The number of carbonyl (C=O) groups is 2. The van der Waals surface area contributed by atoms with Crippen LogP contribution in [0.15, 0.2) is 42.5 Å². The molecule has 0 bridgehead atoms. The predicted octanol–water partition coefficient (Wildman–Crippen LogP) is 2.76.